The second kappa shape index (κ2) is 10.9. The minimum Gasteiger partial charge on any atom is -0.331 e. The molecule has 204 valence electrons. The molecule has 4 rings (SSSR count). The highest BCUT2D eigenvalue weighted by Crippen LogP contribution is 2.43. The fourth-order valence-corrected chi connectivity index (χ4v) is 5.03. The molecule has 0 spiro atoms. The number of fused-ring (bicyclic) bond motifs is 1. The van der Waals surface area contributed by atoms with Crippen molar-refractivity contribution in [2.45, 2.75) is 39.2 Å². The number of hydrogen-bond donors (Lipinski definition) is 4. The molecule has 3 aromatic carbocycles. The van der Waals surface area contributed by atoms with E-state index in [0.717, 1.165) is 22.4 Å². The monoisotopic (exact) mass is 527 g/mol. The van der Waals surface area contributed by atoms with Gasteiger partial charge in [-0.3, -0.25) is 9.59 Å². The molecule has 39 heavy (non-hydrogen) atoms. The topological polar surface area (TPSA) is 117 Å². The van der Waals surface area contributed by atoms with Gasteiger partial charge < -0.3 is 26.6 Å². The Morgan fingerprint density at radius 3 is 2.23 bits per heavy atom. The normalized spacial score (nSPS) is 16.7. The number of nitrogens with two attached hydrogens (primary N) is 1. The molecular formula is C31H37N5O3. The Bertz CT molecular complexity index is 1380. The van der Waals surface area contributed by atoms with Crippen molar-refractivity contribution in [3.05, 3.63) is 78.4 Å². The standard InChI is InChI=1S/C31H37N5O3/c1-30(2,32)31(3,24-19-16-21-10-6-8-12-25(21)34-27(24)37)28(38)33-22-17-14-20(15-18-22)23-11-7-9-13-26(23)35-29(39)36(4)5/h6-15,17-18,24H,16,19,32H2,1-5H3,(H,33,38)(H,34,37)(H,35,39)/t24-,31?/m0/s1. The third kappa shape index (κ3) is 5.66. The lowest BCUT2D eigenvalue weighted by Gasteiger charge is -2.44. The van der Waals surface area contributed by atoms with Crippen molar-refractivity contribution in [2.24, 2.45) is 17.1 Å². The van der Waals surface area contributed by atoms with E-state index in [-0.39, 0.29) is 17.8 Å². The minimum atomic E-state index is -1.19. The Balaban J connectivity index is 1.57. The fourth-order valence-electron chi connectivity index (χ4n) is 5.03. The number of amides is 4. The Hall–Kier alpha value is -4.17. The average molecular weight is 528 g/mol. The molecule has 4 amide bonds. The zero-order valence-electron chi connectivity index (χ0n) is 23.2. The van der Waals surface area contributed by atoms with Crippen molar-refractivity contribution in [1.82, 2.24) is 4.90 Å². The van der Waals surface area contributed by atoms with Crippen LogP contribution in [0.2, 0.25) is 0 Å². The lowest BCUT2D eigenvalue weighted by molar-refractivity contribution is -0.139. The first-order valence-electron chi connectivity index (χ1n) is 13.1. The maximum absolute atomic E-state index is 13.9. The number of nitrogens with zero attached hydrogens (tertiary/aromatic N) is 1. The van der Waals surface area contributed by atoms with Gasteiger partial charge in [-0.15, -0.1) is 0 Å². The number of nitrogens with one attached hydrogen (secondary N) is 3. The van der Waals surface area contributed by atoms with E-state index in [1.54, 1.807) is 34.9 Å². The van der Waals surface area contributed by atoms with Gasteiger partial charge in [0.2, 0.25) is 11.8 Å². The molecule has 1 aliphatic heterocycles. The van der Waals surface area contributed by atoms with Gasteiger partial charge in [-0.25, -0.2) is 4.79 Å². The van der Waals surface area contributed by atoms with Gasteiger partial charge in [0.15, 0.2) is 0 Å². The van der Waals surface area contributed by atoms with Crippen molar-refractivity contribution in [3.63, 3.8) is 0 Å². The summed E-state index contributed by atoms with van der Waals surface area (Å²) >= 11 is 0. The number of para-hydroxylation sites is 2. The SMILES string of the molecule is CN(C)C(=O)Nc1ccccc1-c1ccc(NC(=O)C(C)([C@H]2CCc3ccccc3NC2=O)C(C)(C)N)cc1. The summed E-state index contributed by atoms with van der Waals surface area (Å²) in [6.07, 6.45) is 1.17. The molecule has 5 N–H and O–H groups in total. The molecule has 0 bridgehead atoms. The summed E-state index contributed by atoms with van der Waals surface area (Å²) in [6, 6.07) is 22.4. The Labute approximate surface area is 230 Å². The van der Waals surface area contributed by atoms with Crippen LogP contribution in [-0.4, -0.2) is 42.4 Å². The summed E-state index contributed by atoms with van der Waals surface area (Å²) in [5.41, 5.74) is 9.27. The molecule has 1 aliphatic rings. The minimum absolute atomic E-state index is 0.206. The van der Waals surface area contributed by atoms with Crippen LogP contribution >= 0.6 is 0 Å². The predicted molar refractivity (Wildman–Crippen MR) is 156 cm³/mol. The summed E-state index contributed by atoms with van der Waals surface area (Å²) in [5, 5.41) is 8.94. The second-order valence-electron chi connectivity index (χ2n) is 11.1. The van der Waals surface area contributed by atoms with Gasteiger partial charge in [0.25, 0.3) is 0 Å². The summed E-state index contributed by atoms with van der Waals surface area (Å²) in [6.45, 7) is 5.36. The van der Waals surface area contributed by atoms with Gasteiger partial charge in [0.1, 0.15) is 0 Å². The lowest BCUT2D eigenvalue weighted by Crippen LogP contribution is -2.61. The molecule has 0 saturated heterocycles. The van der Waals surface area contributed by atoms with Gasteiger partial charge in [0, 0.05) is 36.6 Å². The highest BCUT2D eigenvalue weighted by Gasteiger charge is 2.53. The first kappa shape index (κ1) is 27.9. The van der Waals surface area contributed by atoms with Crippen molar-refractivity contribution in [3.8, 4) is 11.1 Å². The van der Waals surface area contributed by atoms with E-state index in [0.29, 0.717) is 24.2 Å². The third-order valence-electron chi connectivity index (χ3n) is 7.83. The van der Waals surface area contributed by atoms with E-state index in [1.165, 1.54) is 4.90 Å². The number of benzene rings is 3. The first-order chi connectivity index (χ1) is 18.4. The molecule has 8 heteroatoms. The maximum Gasteiger partial charge on any atom is 0.321 e. The highest BCUT2D eigenvalue weighted by molar-refractivity contribution is 6.03. The van der Waals surface area contributed by atoms with E-state index in [2.05, 4.69) is 16.0 Å². The number of aryl methyl sites for hydroxylation is 1. The summed E-state index contributed by atoms with van der Waals surface area (Å²) in [5.74, 6) is -1.15. The van der Waals surface area contributed by atoms with Crippen LogP contribution in [0.15, 0.2) is 72.8 Å². The van der Waals surface area contributed by atoms with E-state index >= 15 is 0 Å². The predicted octanol–water partition coefficient (Wildman–Crippen LogP) is 5.33. The summed E-state index contributed by atoms with van der Waals surface area (Å²) in [7, 11) is 3.37. The molecular weight excluding hydrogens is 490 g/mol. The van der Waals surface area contributed by atoms with Crippen LogP contribution in [-0.2, 0) is 16.0 Å². The zero-order chi connectivity index (χ0) is 28.4. The number of carbonyl (C=O) groups is 3. The molecule has 8 nitrogen and oxygen atoms in total. The van der Waals surface area contributed by atoms with Gasteiger partial charge in [-0.05, 0) is 69.0 Å². The van der Waals surface area contributed by atoms with Crippen LogP contribution in [0, 0.1) is 11.3 Å². The van der Waals surface area contributed by atoms with Crippen LogP contribution in [0.3, 0.4) is 0 Å². The lowest BCUT2D eigenvalue weighted by atomic mass is 9.62. The number of anilines is 3. The van der Waals surface area contributed by atoms with E-state index in [4.69, 9.17) is 5.73 Å². The van der Waals surface area contributed by atoms with Crippen LogP contribution in [0.4, 0.5) is 21.9 Å². The number of rotatable bonds is 6. The van der Waals surface area contributed by atoms with Crippen molar-refractivity contribution in [2.75, 3.05) is 30.0 Å². The average Bonchev–Trinajstić information content (AvgIpc) is 3.06. The second-order valence-corrected chi connectivity index (χ2v) is 11.1. The van der Waals surface area contributed by atoms with Gasteiger partial charge >= 0.3 is 6.03 Å². The highest BCUT2D eigenvalue weighted by atomic mass is 16.2. The maximum atomic E-state index is 13.9. The zero-order valence-corrected chi connectivity index (χ0v) is 23.2. The quantitative estimate of drug-likeness (QED) is 0.347. The molecule has 3 aromatic rings. The molecule has 0 fully saturated rings. The van der Waals surface area contributed by atoms with E-state index in [9.17, 15) is 14.4 Å². The molecule has 0 aromatic heterocycles. The van der Waals surface area contributed by atoms with Crippen molar-refractivity contribution < 1.29 is 14.4 Å². The Morgan fingerprint density at radius 2 is 1.56 bits per heavy atom. The molecule has 0 radical (unpaired) electrons. The van der Waals surface area contributed by atoms with Crippen LogP contribution in [0.1, 0.15) is 32.8 Å². The van der Waals surface area contributed by atoms with Gasteiger partial charge in [0.05, 0.1) is 17.0 Å². The number of urea groups is 1. The molecule has 2 atom stereocenters. The molecule has 1 unspecified atom stereocenters. The van der Waals surface area contributed by atoms with E-state index in [1.807, 2.05) is 72.8 Å². The van der Waals surface area contributed by atoms with Crippen molar-refractivity contribution in [1.29, 1.82) is 0 Å². The molecule has 0 aliphatic carbocycles. The van der Waals surface area contributed by atoms with Crippen molar-refractivity contribution >= 4 is 34.9 Å². The summed E-state index contributed by atoms with van der Waals surface area (Å²) < 4.78 is 0. The van der Waals surface area contributed by atoms with Crippen LogP contribution in [0.25, 0.3) is 11.1 Å². The van der Waals surface area contributed by atoms with E-state index < -0.39 is 16.9 Å². The smallest absolute Gasteiger partial charge is 0.321 e. The fraction of sp³-hybridized carbons (Fsp3) is 0.323. The molecule has 1 heterocycles. The van der Waals surface area contributed by atoms with Crippen LogP contribution < -0.4 is 21.7 Å². The largest absolute Gasteiger partial charge is 0.331 e. The van der Waals surface area contributed by atoms with Gasteiger partial charge in [-0.2, -0.15) is 0 Å². The molecule has 0 saturated carbocycles. The number of hydrogen-bond acceptors (Lipinski definition) is 4. The Kier molecular flexibility index (Phi) is 7.79. The van der Waals surface area contributed by atoms with Crippen LogP contribution in [0.5, 0.6) is 0 Å². The summed E-state index contributed by atoms with van der Waals surface area (Å²) in [4.78, 5) is 41.0. The first-order valence-corrected chi connectivity index (χ1v) is 13.1. The van der Waals surface area contributed by atoms with Gasteiger partial charge in [-0.1, -0.05) is 48.5 Å². The Morgan fingerprint density at radius 1 is 0.923 bits per heavy atom. The third-order valence-corrected chi connectivity index (χ3v) is 7.83. The number of carbonyl (C=O) groups excluding carboxylic acids is 3.